The van der Waals surface area contributed by atoms with Gasteiger partial charge in [-0.25, -0.2) is 0 Å². The monoisotopic (exact) mass is 509 g/mol. The molecule has 2 aromatic rings. The molecule has 2 amide bonds. The first-order chi connectivity index (χ1) is 17.7. The number of nitrogen functional groups attached to an aromatic ring is 1. The average molecular weight is 510 g/mol. The summed E-state index contributed by atoms with van der Waals surface area (Å²) in [5, 5.41) is 10.8. The Hall–Kier alpha value is -3.75. The smallest absolute Gasteiger partial charge is 0.251 e. The molecule has 0 aromatic heterocycles. The highest BCUT2D eigenvalue weighted by Gasteiger charge is 2.24. The van der Waals surface area contributed by atoms with E-state index in [9.17, 15) is 9.59 Å². The highest BCUT2D eigenvalue weighted by atomic mass is 16.5. The van der Waals surface area contributed by atoms with Crippen molar-refractivity contribution in [2.75, 3.05) is 39.8 Å². The lowest BCUT2D eigenvalue weighted by atomic mass is 9.94. The van der Waals surface area contributed by atoms with Gasteiger partial charge >= 0.3 is 0 Å². The van der Waals surface area contributed by atoms with Gasteiger partial charge in [0, 0.05) is 49.1 Å². The minimum atomic E-state index is -0.283. The lowest BCUT2D eigenvalue weighted by Gasteiger charge is -2.33. The van der Waals surface area contributed by atoms with E-state index in [2.05, 4.69) is 5.32 Å². The van der Waals surface area contributed by atoms with Crippen LogP contribution < -0.4 is 25.4 Å². The zero-order valence-electron chi connectivity index (χ0n) is 22.5. The molecule has 0 radical (unpaired) electrons. The van der Waals surface area contributed by atoms with E-state index in [1.165, 1.54) is 6.42 Å². The Balaban J connectivity index is 1.78. The highest BCUT2D eigenvalue weighted by Crippen LogP contribution is 2.30. The number of ether oxygens (including phenoxy) is 2. The first-order valence-corrected chi connectivity index (χ1v) is 12.6. The summed E-state index contributed by atoms with van der Waals surface area (Å²) in [5.41, 5.74) is 9.06. The fraction of sp³-hybridized carbons (Fsp3) is 0.464. The first kappa shape index (κ1) is 27.8. The third kappa shape index (κ3) is 6.72. The quantitative estimate of drug-likeness (QED) is 0.333. The zero-order valence-corrected chi connectivity index (χ0v) is 22.5. The van der Waals surface area contributed by atoms with Gasteiger partial charge in [-0.3, -0.25) is 15.0 Å². The summed E-state index contributed by atoms with van der Waals surface area (Å²) in [4.78, 5) is 29.8. The van der Waals surface area contributed by atoms with Gasteiger partial charge in [-0.05, 0) is 43.5 Å². The summed E-state index contributed by atoms with van der Waals surface area (Å²) in [5.74, 6) is 0.827. The predicted molar refractivity (Wildman–Crippen MR) is 146 cm³/mol. The van der Waals surface area contributed by atoms with Crippen LogP contribution in [0.3, 0.4) is 0 Å². The minimum Gasteiger partial charge on any atom is -0.496 e. The Bertz CT molecular complexity index is 1120. The van der Waals surface area contributed by atoms with Crippen molar-refractivity contribution in [2.24, 2.45) is 5.73 Å². The number of hydrogen-bond donors (Lipinski definition) is 3. The van der Waals surface area contributed by atoms with Crippen LogP contribution in [0, 0.1) is 12.3 Å². The molecule has 0 spiro atoms. The van der Waals surface area contributed by atoms with Crippen LogP contribution >= 0.6 is 0 Å². The van der Waals surface area contributed by atoms with E-state index >= 15 is 0 Å². The molecule has 1 fully saturated rings. The maximum Gasteiger partial charge on any atom is 0.251 e. The molecule has 0 aliphatic heterocycles. The number of carbonyl (C=O) groups is 2. The van der Waals surface area contributed by atoms with Crippen LogP contribution in [0.15, 0.2) is 30.3 Å². The summed E-state index contributed by atoms with van der Waals surface area (Å²) >= 11 is 0. The number of methoxy groups -OCH3 is 2. The van der Waals surface area contributed by atoms with Crippen molar-refractivity contribution in [3.05, 3.63) is 52.6 Å². The largest absolute Gasteiger partial charge is 0.496 e. The molecule has 1 saturated carbocycles. The van der Waals surface area contributed by atoms with Gasteiger partial charge in [-0.15, -0.1) is 0 Å². The van der Waals surface area contributed by atoms with Crippen molar-refractivity contribution >= 4 is 23.3 Å². The van der Waals surface area contributed by atoms with Gasteiger partial charge in [0.15, 0.2) is 0 Å². The number of carbonyl (C=O) groups excluding carboxylic acids is 2. The van der Waals surface area contributed by atoms with Crippen molar-refractivity contribution < 1.29 is 19.1 Å². The maximum absolute atomic E-state index is 13.1. The molecule has 0 saturated heterocycles. The third-order valence-electron chi connectivity index (χ3n) is 7.15. The summed E-state index contributed by atoms with van der Waals surface area (Å²) < 4.78 is 10.8. The molecule has 0 atom stereocenters. The van der Waals surface area contributed by atoms with Crippen molar-refractivity contribution in [1.29, 1.82) is 5.41 Å². The van der Waals surface area contributed by atoms with Crippen molar-refractivity contribution in [1.82, 2.24) is 10.2 Å². The molecular weight excluding hydrogens is 470 g/mol. The summed E-state index contributed by atoms with van der Waals surface area (Å²) in [6.07, 6.45) is 5.62. The van der Waals surface area contributed by atoms with E-state index in [-0.39, 0.29) is 36.8 Å². The lowest BCUT2D eigenvalue weighted by Crippen LogP contribution is -2.43. The van der Waals surface area contributed by atoms with E-state index in [0.29, 0.717) is 22.6 Å². The molecule has 200 valence electrons. The third-order valence-corrected chi connectivity index (χ3v) is 7.15. The average Bonchev–Trinajstić information content (AvgIpc) is 2.91. The number of hydrogen-bond acceptors (Lipinski definition) is 6. The molecule has 0 bridgehead atoms. The maximum atomic E-state index is 13.1. The van der Waals surface area contributed by atoms with E-state index in [4.69, 9.17) is 20.6 Å². The number of benzene rings is 2. The van der Waals surface area contributed by atoms with E-state index in [1.807, 2.05) is 36.9 Å². The molecule has 37 heavy (non-hydrogen) atoms. The Morgan fingerprint density at radius 3 is 2.22 bits per heavy atom. The molecule has 1 aliphatic carbocycles. The highest BCUT2D eigenvalue weighted by molar-refractivity contribution is 5.97. The van der Waals surface area contributed by atoms with Crippen LogP contribution in [0.4, 0.5) is 5.69 Å². The summed E-state index contributed by atoms with van der Waals surface area (Å²) in [6.45, 7) is 2.27. The Morgan fingerprint density at radius 1 is 1.03 bits per heavy atom. The van der Waals surface area contributed by atoms with Gasteiger partial charge in [0.05, 0.1) is 20.8 Å². The van der Waals surface area contributed by atoms with E-state index in [1.54, 1.807) is 38.5 Å². The standard InChI is InChI=1S/C28H39N5O4/c1-18-24(36-4)14-21(15-25(18)37-5)28(35)31-16-20-12-11-19(27(29)30)13-23(20)32(2)17-26(34)33(3)22-9-7-6-8-10-22/h11-15,22H,6-10,16-17H2,1-5H3,(H3,29,30)(H,31,35). The second kappa shape index (κ2) is 12.5. The van der Waals surface area contributed by atoms with Crippen LogP contribution in [0.5, 0.6) is 11.5 Å². The van der Waals surface area contributed by atoms with E-state index < -0.39 is 0 Å². The number of nitrogens with zero attached hydrogens (tertiary/aromatic N) is 2. The van der Waals surface area contributed by atoms with Gasteiger partial charge in [-0.2, -0.15) is 0 Å². The number of rotatable bonds is 10. The number of nitrogens with two attached hydrogens (primary N) is 1. The second-order valence-corrected chi connectivity index (χ2v) is 9.60. The van der Waals surface area contributed by atoms with Crippen LogP contribution in [0.25, 0.3) is 0 Å². The normalized spacial score (nSPS) is 13.5. The van der Waals surface area contributed by atoms with Crippen LogP contribution in [0.1, 0.15) is 59.2 Å². The van der Waals surface area contributed by atoms with Crippen molar-refractivity contribution in [2.45, 2.75) is 51.6 Å². The first-order valence-electron chi connectivity index (χ1n) is 12.6. The summed E-state index contributed by atoms with van der Waals surface area (Å²) in [6, 6.07) is 9.00. The number of amidine groups is 1. The number of likely N-dealkylation sites (N-methyl/N-ethyl adjacent to an activating group) is 2. The predicted octanol–water partition coefficient (Wildman–Crippen LogP) is 3.45. The Kier molecular flexibility index (Phi) is 9.38. The van der Waals surface area contributed by atoms with Gasteiger partial charge in [0.2, 0.25) is 5.91 Å². The molecule has 9 nitrogen and oxygen atoms in total. The Morgan fingerprint density at radius 2 is 1.65 bits per heavy atom. The molecule has 3 rings (SSSR count). The molecule has 9 heteroatoms. The topological polar surface area (TPSA) is 121 Å². The van der Waals surface area contributed by atoms with Crippen LogP contribution in [0.2, 0.25) is 0 Å². The van der Waals surface area contributed by atoms with Gasteiger partial charge in [0.25, 0.3) is 5.91 Å². The van der Waals surface area contributed by atoms with E-state index in [0.717, 1.165) is 42.5 Å². The Labute approximate surface area is 219 Å². The molecule has 2 aromatic carbocycles. The molecule has 0 heterocycles. The summed E-state index contributed by atoms with van der Waals surface area (Å²) in [7, 11) is 6.82. The second-order valence-electron chi connectivity index (χ2n) is 9.60. The van der Waals surface area contributed by atoms with Crippen molar-refractivity contribution in [3.63, 3.8) is 0 Å². The minimum absolute atomic E-state index is 0.0384. The van der Waals surface area contributed by atoms with Gasteiger partial charge in [-0.1, -0.05) is 31.4 Å². The van der Waals surface area contributed by atoms with Crippen LogP contribution in [-0.2, 0) is 11.3 Å². The molecule has 0 unspecified atom stereocenters. The molecule has 4 N–H and O–H groups in total. The number of amides is 2. The fourth-order valence-corrected chi connectivity index (χ4v) is 4.80. The van der Waals surface area contributed by atoms with Gasteiger partial charge in [0.1, 0.15) is 17.3 Å². The lowest BCUT2D eigenvalue weighted by molar-refractivity contribution is -0.131. The molecular formula is C28H39N5O4. The molecule has 1 aliphatic rings. The SMILES string of the molecule is COc1cc(C(=O)NCc2ccc(C(=N)N)cc2N(C)CC(=O)N(C)C2CCCCC2)cc(OC)c1C. The number of anilines is 1. The fourth-order valence-electron chi connectivity index (χ4n) is 4.80. The van der Waals surface area contributed by atoms with Crippen molar-refractivity contribution in [3.8, 4) is 11.5 Å². The van der Waals surface area contributed by atoms with Gasteiger partial charge < -0.3 is 30.3 Å². The number of nitrogens with one attached hydrogen (secondary N) is 2. The zero-order chi connectivity index (χ0) is 27.1. The van der Waals surface area contributed by atoms with Crippen LogP contribution in [-0.4, -0.2) is 63.5 Å².